The summed E-state index contributed by atoms with van der Waals surface area (Å²) in [6.45, 7) is 6.19. The second-order valence-electron chi connectivity index (χ2n) is 6.15. The lowest BCUT2D eigenvalue weighted by Gasteiger charge is -2.29. The molecule has 0 aromatic heterocycles. The molecule has 0 saturated carbocycles. The molecule has 28 heavy (non-hydrogen) atoms. The molecule has 2 amide bonds. The Morgan fingerprint density at radius 3 is 1.79 bits per heavy atom. The van der Waals surface area contributed by atoms with E-state index in [4.69, 9.17) is 24.1 Å². The SMILES string of the molecule is CCCOCCOCCOCCOCCN(CCC(=O)O)N1C(=O)CCC1=O. The highest BCUT2D eigenvalue weighted by atomic mass is 16.6. The number of rotatable bonds is 18. The van der Waals surface area contributed by atoms with E-state index < -0.39 is 5.97 Å². The molecule has 0 bridgehead atoms. The molecule has 1 heterocycles. The summed E-state index contributed by atoms with van der Waals surface area (Å²) in [5.74, 6) is -1.60. The first kappa shape index (κ1) is 24.4. The highest BCUT2D eigenvalue weighted by molar-refractivity contribution is 6.01. The molecule has 1 fully saturated rings. The van der Waals surface area contributed by atoms with Gasteiger partial charge in [-0.05, 0) is 6.42 Å². The molecular formula is C18H32N2O8. The lowest BCUT2D eigenvalue weighted by atomic mass is 10.4. The van der Waals surface area contributed by atoms with Gasteiger partial charge in [0, 0.05) is 32.5 Å². The van der Waals surface area contributed by atoms with Crippen LogP contribution < -0.4 is 0 Å². The number of carboxylic acids is 1. The van der Waals surface area contributed by atoms with E-state index in [0.717, 1.165) is 18.0 Å². The number of carbonyl (C=O) groups is 3. The average molecular weight is 404 g/mol. The molecule has 10 heteroatoms. The molecule has 1 saturated heterocycles. The molecule has 162 valence electrons. The van der Waals surface area contributed by atoms with Crippen LogP contribution in [0, 0.1) is 0 Å². The largest absolute Gasteiger partial charge is 0.481 e. The zero-order chi connectivity index (χ0) is 20.6. The van der Waals surface area contributed by atoms with Crippen molar-refractivity contribution in [1.29, 1.82) is 0 Å². The van der Waals surface area contributed by atoms with E-state index in [1.54, 1.807) is 0 Å². The van der Waals surface area contributed by atoms with Gasteiger partial charge >= 0.3 is 5.97 Å². The van der Waals surface area contributed by atoms with Crippen LogP contribution in [-0.2, 0) is 33.3 Å². The minimum absolute atomic E-state index is 0.0754. The Labute approximate surface area is 165 Å². The molecule has 1 aliphatic heterocycles. The fraction of sp³-hybridized carbons (Fsp3) is 0.833. The molecule has 0 aromatic rings. The zero-order valence-corrected chi connectivity index (χ0v) is 16.6. The Balaban J connectivity index is 2.08. The first-order valence-corrected chi connectivity index (χ1v) is 9.69. The van der Waals surface area contributed by atoms with E-state index in [1.165, 1.54) is 5.01 Å². The highest BCUT2D eigenvalue weighted by Crippen LogP contribution is 2.15. The smallest absolute Gasteiger partial charge is 0.304 e. The second kappa shape index (κ2) is 15.3. The van der Waals surface area contributed by atoms with Crippen molar-refractivity contribution >= 4 is 17.8 Å². The van der Waals surface area contributed by atoms with Crippen LogP contribution in [-0.4, -0.2) is 98.9 Å². The van der Waals surface area contributed by atoms with Crippen molar-refractivity contribution in [3.63, 3.8) is 0 Å². The lowest BCUT2D eigenvalue weighted by Crippen LogP contribution is -2.48. The van der Waals surface area contributed by atoms with Crippen molar-refractivity contribution in [2.75, 3.05) is 65.9 Å². The molecule has 0 aliphatic carbocycles. The summed E-state index contributed by atoms with van der Waals surface area (Å²) in [5.41, 5.74) is 0. The van der Waals surface area contributed by atoms with Gasteiger partial charge in [-0.25, -0.2) is 10.0 Å². The van der Waals surface area contributed by atoms with Gasteiger partial charge in [-0.2, -0.15) is 0 Å². The molecule has 0 spiro atoms. The van der Waals surface area contributed by atoms with Crippen molar-refractivity contribution in [2.45, 2.75) is 32.6 Å². The minimum atomic E-state index is -0.988. The van der Waals surface area contributed by atoms with E-state index in [-0.39, 0.29) is 50.8 Å². The number of amides is 2. The van der Waals surface area contributed by atoms with Gasteiger partial charge in [-0.3, -0.25) is 14.4 Å². The Morgan fingerprint density at radius 2 is 1.32 bits per heavy atom. The van der Waals surface area contributed by atoms with Gasteiger partial charge in [-0.15, -0.1) is 0 Å². The first-order valence-electron chi connectivity index (χ1n) is 9.69. The molecular weight excluding hydrogens is 372 g/mol. The summed E-state index contributed by atoms with van der Waals surface area (Å²) in [5, 5.41) is 11.3. The molecule has 1 rings (SSSR count). The number of hydrogen-bond acceptors (Lipinski definition) is 8. The summed E-state index contributed by atoms with van der Waals surface area (Å²) >= 11 is 0. The number of imide groups is 1. The van der Waals surface area contributed by atoms with E-state index in [9.17, 15) is 14.4 Å². The fourth-order valence-electron chi connectivity index (χ4n) is 2.49. The molecule has 1 N–H and O–H groups in total. The van der Waals surface area contributed by atoms with Gasteiger partial charge < -0.3 is 24.1 Å². The molecule has 0 aromatic carbocycles. The number of ether oxygens (including phenoxy) is 4. The van der Waals surface area contributed by atoms with Crippen LogP contribution in [0.4, 0.5) is 0 Å². The van der Waals surface area contributed by atoms with Gasteiger partial charge in [0.1, 0.15) is 0 Å². The highest BCUT2D eigenvalue weighted by Gasteiger charge is 2.33. The zero-order valence-electron chi connectivity index (χ0n) is 16.6. The quantitative estimate of drug-likeness (QED) is 0.254. The first-order chi connectivity index (χ1) is 13.6. The normalized spacial score (nSPS) is 14.4. The molecule has 0 radical (unpaired) electrons. The Bertz CT molecular complexity index is 459. The number of carboxylic acid groups (broad SMARTS) is 1. The van der Waals surface area contributed by atoms with Crippen molar-refractivity contribution in [3.05, 3.63) is 0 Å². The number of aliphatic carboxylic acids is 1. The van der Waals surface area contributed by atoms with Gasteiger partial charge in [0.05, 0.1) is 52.7 Å². The van der Waals surface area contributed by atoms with Crippen molar-refractivity contribution in [3.8, 4) is 0 Å². The molecule has 0 atom stereocenters. The third-order valence-electron chi connectivity index (χ3n) is 3.85. The van der Waals surface area contributed by atoms with Gasteiger partial charge in [0.15, 0.2) is 0 Å². The van der Waals surface area contributed by atoms with Gasteiger partial charge in [0.2, 0.25) is 11.8 Å². The second-order valence-corrected chi connectivity index (χ2v) is 6.15. The van der Waals surface area contributed by atoms with Gasteiger partial charge in [0.25, 0.3) is 0 Å². The van der Waals surface area contributed by atoms with Crippen LogP contribution >= 0.6 is 0 Å². The summed E-state index contributed by atoms with van der Waals surface area (Å²) in [6.07, 6.45) is 1.14. The maximum absolute atomic E-state index is 11.8. The van der Waals surface area contributed by atoms with Crippen LogP contribution in [0.2, 0.25) is 0 Å². The molecule has 0 unspecified atom stereocenters. The van der Waals surface area contributed by atoms with Crippen LogP contribution in [0.3, 0.4) is 0 Å². The summed E-state index contributed by atoms with van der Waals surface area (Å²) in [6, 6.07) is 0. The van der Waals surface area contributed by atoms with Crippen LogP contribution in [0.1, 0.15) is 32.6 Å². The topological polar surface area (TPSA) is 115 Å². The van der Waals surface area contributed by atoms with Crippen molar-refractivity contribution < 1.29 is 38.4 Å². The number of hydrogen-bond donors (Lipinski definition) is 1. The third kappa shape index (κ3) is 10.7. The maximum atomic E-state index is 11.8. The van der Waals surface area contributed by atoms with E-state index in [2.05, 4.69) is 6.92 Å². The summed E-state index contributed by atoms with van der Waals surface area (Å²) in [7, 11) is 0. The third-order valence-corrected chi connectivity index (χ3v) is 3.85. The predicted molar refractivity (Wildman–Crippen MR) is 98.5 cm³/mol. The average Bonchev–Trinajstić information content (AvgIpc) is 3.00. The Morgan fingerprint density at radius 1 is 0.857 bits per heavy atom. The van der Waals surface area contributed by atoms with Crippen LogP contribution in [0.5, 0.6) is 0 Å². The fourth-order valence-corrected chi connectivity index (χ4v) is 2.49. The van der Waals surface area contributed by atoms with Crippen molar-refractivity contribution in [2.24, 2.45) is 0 Å². The molecule has 10 nitrogen and oxygen atoms in total. The van der Waals surface area contributed by atoms with Crippen LogP contribution in [0.25, 0.3) is 0 Å². The summed E-state index contributed by atoms with van der Waals surface area (Å²) in [4.78, 5) is 34.5. The van der Waals surface area contributed by atoms with Crippen molar-refractivity contribution in [1.82, 2.24) is 10.0 Å². The van der Waals surface area contributed by atoms with E-state index in [1.807, 2.05) is 0 Å². The number of hydrazine groups is 1. The predicted octanol–water partition coefficient (Wildman–Crippen LogP) is 0.304. The Hall–Kier alpha value is -1.59. The van der Waals surface area contributed by atoms with E-state index >= 15 is 0 Å². The minimum Gasteiger partial charge on any atom is -0.481 e. The van der Waals surface area contributed by atoms with E-state index in [0.29, 0.717) is 39.6 Å². The molecule has 1 aliphatic rings. The summed E-state index contributed by atoms with van der Waals surface area (Å²) < 4.78 is 21.5. The maximum Gasteiger partial charge on any atom is 0.304 e. The Kier molecular flexibility index (Phi) is 13.4. The van der Waals surface area contributed by atoms with Crippen LogP contribution in [0.15, 0.2) is 0 Å². The number of carbonyl (C=O) groups excluding carboxylic acids is 2. The lowest BCUT2D eigenvalue weighted by molar-refractivity contribution is -0.160. The monoisotopic (exact) mass is 404 g/mol. The number of nitrogens with zero attached hydrogens (tertiary/aromatic N) is 2. The standard InChI is InChI=1S/C18H32N2O8/c1-2-8-25-10-12-27-14-15-28-13-11-26-9-7-19(6-5-18(23)24)20-16(21)3-4-17(20)22/h2-15H2,1H3,(H,23,24). The van der Waals surface area contributed by atoms with Gasteiger partial charge in [-0.1, -0.05) is 6.92 Å².